The molecule has 11 aromatic carbocycles. The molecular formula is C70H50N4. The lowest BCUT2D eigenvalue weighted by atomic mass is 9.97. The minimum absolute atomic E-state index is 1.12. The van der Waals surface area contributed by atoms with Crippen LogP contribution in [0.3, 0.4) is 0 Å². The second-order valence-electron chi connectivity index (χ2n) is 20.4. The van der Waals surface area contributed by atoms with Gasteiger partial charge in [0.1, 0.15) is 0 Å². The lowest BCUT2D eigenvalue weighted by Gasteiger charge is -2.29. The Hall–Kier alpha value is -9.38. The van der Waals surface area contributed by atoms with Crippen LogP contribution in [0.15, 0.2) is 231 Å². The molecule has 0 unspecified atom stereocenters. The molecule has 0 aliphatic heterocycles. The van der Waals surface area contributed by atoms with Gasteiger partial charge in [-0.15, -0.1) is 0 Å². The molecular weight excluding hydrogens is 897 g/mol. The van der Waals surface area contributed by atoms with Crippen molar-refractivity contribution in [1.29, 1.82) is 0 Å². The van der Waals surface area contributed by atoms with Crippen molar-refractivity contribution in [2.45, 2.75) is 27.7 Å². The maximum absolute atomic E-state index is 2.55. The molecule has 0 saturated carbocycles. The van der Waals surface area contributed by atoms with E-state index in [1.54, 1.807) is 0 Å². The molecule has 0 atom stereocenters. The first kappa shape index (κ1) is 42.3. The molecule has 0 radical (unpaired) electrons. The van der Waals surface area contributed by atoms with E-state index in [4.69, 9.17) is 0 Å². The third kappa shape index (κ3) is 6.15. The van der Waals surface area contributed by atoms with Crippen LogP contribution in [0.1, 0.15) is 22.3 Å². The van der Waals surface area contributed by atoms with Crippen molar-refractivity contribution in [3.05, 3.63) is 253 Å². The molecule has 350 valence electrons. The fraction of sp³-hybridized carbons (Fsp3) is 0.0571. The summed E-state index contributed by atoms with van der Waals surface area (Å²) in [7, 11) is 0. The molecule has 0 spiro atoms. The molecule has 4 heteroatoms. The molecule has 4 heterocycles. The minimum Gasteiger partial charge on any atom is -0.309 e. The van der Waals surface area contributed by atoms with Crippen LogP contribution in [-0.4, -0.2) is 8.80 Å². The average Bonchev–Trinajstić information content (AvgIpc) is 4.19. The van der Waals surface area contributed by atoms with Gasteiger partial charge in [-0.1, -0.05) is 168 Å². The number of anilines is 6. The Morgan fingerprint density at radius 1 is 0.270 bits per heavy atom. The Kier molecular flexibility index (Phi) is 9.19. The van der Waals surface area contributed by atoms with Gasteiger partial charge in [-0.3, -0.25) is 0 Å². The van der Waals surface area contributed by atoms with Crippen LogP contribution >= 0.6 is 0 Å². The highest BCUT2D eigenvalue weighted by Crippen LogP contribution is 2.53. The van der Waals surface area contributed by atoms with Crippen molar-refractivity contribution >= 4 is 110 Å². The smallest absolute Gasteiger partial charge is 0.0641 e. The summed E-state index contributed by atoms with van der Waals surface area (Å²) in [5, 5.41) is 9.95. The second kappa shape index (κ2) is 16.1. The van der Waals surface area contributed by atoms with Crippen molar-refractivity contribution in [3.8, 4) is 22.3 Å². The Morgan fingerprint density at radius 2 is 0.635 bits per heavy atom. The topological polar surface area (TPSA) is 15.3 Å². The fourth-order valence-electron chi connectivity index (χ4n) is 12.4. The summed E-state index contributed by atoms with van der Waals surface area (Å²) in [5.41, 5.74) is 23.9. The van der Waals surface area contributed by atoms with E-state index in [1.165, 1.54) is 121 Å². The van der Waals surface area contributed by atoms with Crippen molar-refractivity contribution in [2.24, 2.45) is 0 Å². The van der Waals surface area contributed by atoms with Crippen LogP contribution < -0.4 is 9.80 Å². The van der Waals surface area contributed by atoms with E-state index in [0.717, 1.165) is 34.1 Å². The molecule has 4 nitrogen and oxygen atoms in total. The predicted molar refractivity (Wildman–Crippen MR) is 315 cm³/mol. The van der Waals surface area contributed by atoms with E-state index >= 15 is 0 Å². The van der Waals surface area contributed by atoms with Crippen LogP contribution in [-0.2, 0) is 0 Å². The molecule has 0 N–H and O–H groups in total. The SMILES string of the molecule is Cc1ccc(-c2cc(C)ccc2N(c2ccccc2)c2ccc3c4cc5c(cc4n4c6ccccc6c2c34)c2ccc(N(c3ccccc3)c3ccc(C)cc3-c3ccc(C)cc3)c3c4ccccc4n5c23)cc1. The lowest BCUT2D eigenvalue weighted by Crippen LogP contribution is -2.11. The first-order chi connectivity index (χ1) is 36.4. The van der Waals surface area contributed by atoms with E-state index < -0.39 is 0 Å². The van der Waals surface area contributed by atoms with Gasteiger partial charge in [-0.05, 0) is 124 Å². The Morgan fingerprint density at radius 3 is 1.05 bits per heavy atom. The molecule has 0 saturated heterocycles. The van der Waals surface area contributed by atoms with Crippen molar-refractivity contribution in [1.82, 2.24) is 8.80 Å². The number of hydrogen-bond donors (Lipinski definition) is 0. The van der Waals surface area contributed by atoms with Crippen molar-refractivity contribution in [2.75, 3.05) is 9.80 Å². The zero-order chi connectivity index (χ0) is 49.3. The second-order valence-corrected chi connectivity index (χ2v) is 20.4. The number of para-hydroxylation sites is 4. The molecule has 0 aliphatic carbocycles. The standard InChI is InChI=1S/C70H50N4/c1-43-23-29-47(30-24-43)55-39-45(3)27-35-61(55)71(49-15-7-5-8-16-49)63-37-33-51-57-41-66-58(42-65(57)73-59-21-13-11-19-53(59)67(63)69(51)73)52-34-38-64(68-54-20-12-14-22-60(54)74(66)70(52)68)72(50-17-9-6-10-18-50)62-36-28-46(4)40-56(62)48-31-25-44(2)26-32-48/h5-42H,1-4H3. The molecule has 0 fully saturated rings. The Balaban J connectivity index is 1.01. The zero-order valence-corrected chi connectivity index (χ0v) is 41.7. The lowest BCUT2D eigenvalue weighted by molar-refractivity contribution is 1.29. The highest BCUT2D eigenvalue weighted by molar-refractivity contribution is 6.32. The van der Waals surface area contributed by atoms with Gasteiger partial charge < -0.3 is 18.6 Å². The van der Waals surface area contributed by atoms with Crippen LogP contribution in [0.25, 0.3) is 98.4 Å². The van der Waals surface area contributed by atoms with E-state index in [-0.39, 0.29) is 0 Å². The maximum atomic E-state index is 2.55. The van der Waals surface area contributed by atoms with Gasteiger partial charge in [0.05, 0.1) is 55.8 Å². The number of aryl methyl sites for hydroxylation is 4. The van der Waals surface area contributed by atoms with Gasteiger partial charge in [0.2, 0.25) is 0 Å². The predicted octanol–water partition coefficient (Wildman–Crippen LogP) is 19.5. The average molecular weight is 947 g/mol. The largest absolute Gasteiger partial charge is 0.309 e. The third-order valence-electron chi connectivity index (χ3n) is 15.8. The number of hydrogen-bond acceptors (Lipinski definition) is 2. The summed E-state index contributed by atoms with van der Waals surface area (Å²) in [6.07, 6.45) is 0. The Bertz CT molecular complexity index is 4380. The van der Waals surface area contributed by atoms with E-state index in [9.17, 15) is 0 Å². The number of aromatic nitrogens is 2. The number of nitrogens with zero attached hydrogens (tertiary/aromatic N) is 4. The Labute approximate surface area is 429 Å². The van der Waals surface area contributed by atoms with Gasteiger partial charge in [0.25, 0.3) is 0 Å². The summed E-state index contributed by atoms with van der Waals surface area (Å²) in [5.74, 6) is 0. The molecule has 15 aromatic rings. The van der Waals surface area contributed by atoms with Gasteiger partial charge in [-0.25, -0.2) is 0 Å². The van der Waals surface area contributed by atoms with Crippen LogP contribution in [0.2, 0.25) is 0 Å². The minimum atomic E-state index is 1.12. The summed E-state index contributed by atoms with van der Waals surface area (Å²) in [6, 6.07) is 86.0. The molecule has 0 amide bonds. The highest BCUT2D eigenvalue weighted by atomic mass is 15.2. The van der Waals surface area contributed by atoms with Gasteiger partial charge in [0, 0.05) is 65.6 Å². The quantitative estimate of drug-likeness (QED) is 0.151. The van der Waals surface area contributed by atoms with Crippen LogP contribution in [0.4, 0.5) is 34.1 Å². The first-order valence-corrected chi connectivity index (χ1v) is 25.8. The summed E-state index contributed by atoms with van der Waals surface area (Å²) in [4.78, 5) is 4.98. The zero-order valence-electron chi connectivity index (χ0n) is 41.7. The summed E-state index contributed by atoms with van der Waals surface area (Å²) >= 11 is 0. The third-order valence-corrected chi connectivity index (χ3v) is 15.8. The molecule has 4 aromatic heterocycles. The summed E-state index contributed by atoms with van der Waals surface area (Å²) in [6.45, 7) is 8.70. The van der Waals surface area contributed by atoms with E-state index in [2.05, 4.69) is 277 Å². The van der Waals surface area contributed by atoms with Crippen molar-refractivity contribution in [3.63, 3.8) is 0 Å². The molecule has 15 rings (SSSR count). The highest BCUT2D eigenvalue weighted by Gasteiger charge is 2.29. The van der Waals surface area contributed by atoms with Crippen LogP contribution in [0, 0.1) is 27.7 Å². The van der Waals surface area contributed by atoms with Gasteiger partial charge in [0.15, 0.2) is 0 Å². The maximum Gasteiger partial charge on any atom is 0.0641 e. The van der Waals surface area contributed by atoms with E-state index in [1.807, 2.05) is 0 Å². The molecule has 0 bridgehead atoms. The fourth-order valence-corrected chi connectivity index (χ4v) is 12.4. The normalized spacial score (nSPS) is 12.1. The van der Waals surface area contributed by atoms with Crippen molar-refractivity contribution < 1.29 is 0 Å². The van der Waals surface area contributed by atoms with Gasteiger partial charge >= 0.3 is 0 Å². The van der Waals surface area contributed by atoms with E-state index in [0.29, 0.717) is 0 Å². The number of rotatable bonds is 8. The first-order valence-electron chi connectivity index (χ1n) is 25.8. The summed E-state index contributed by atoms with van der Waals surface area (Å²) < 4.78 is 5.10. The number of fused-ring (bicyclic) bond motifs is 12. The van der Waals surface area contributed by atoms with Gasteiger partial charge in [-0.2, -0.15) is 0 Å². The molecule has 0 aliphatic rings. The number of benzene rings is 11. The van der Waals surface area contributed by atoms with Crippen LogP contribution in [0.5, 0.6) is 0 Å². The molecule has 74 heavy (non-hydrogen) atoms. The monoisotopic (exact) mass is 946 g/mol.